The van der Waals surface area contributed by atoms with Crippen molar-refractivity contribution in [1.82, 2.24) is 10.7 Å². The normalized spacial score (nSPS) is 7.19. The van der Waals surface area contributed by atoms with Crippen LogP contribution in [0.15, 0.2) is 116 Å². The number of aryl methyl sites for hydroxylation is 1. The van der Waals surface area contributed by atoms with E-state index < -0.39 is 0 Å². The van der Waals surface area contributed by atoms with Gasteiger partial charge in [0.2, 0.25) is 0 Å². The summed E-state index contributed by atoms with van der Waals surface area (Å²) in [5.74, 6) is -0.178. The third-order valence-corrected chi connectivity index (χ3v) is 3.33. The van der Waals surface area contributed by atoms with E-state index >= 15 is 0 Å². The number of para-hydroxylation sites is 1. The first kappa shape index (κ1) is 39.7. The van der Waals surface area contributed by atoms with E-state index in [1.165, 1.54) is 44.2 Å². The second kappa shape index (κ2) is 31.5. The second-order valence-corrected chi connectivity index (χ2v) is 6.06. The number of hydrogen-bond donors (Lipinski definition) is 1. The summed E-state index contributed by atoms with van der Waals surface area (Å²) in [4.78, 5) is 8.81. The van der Waals surface area contributed by atoms with Gasteiger partial charge >= 0.3 is 29.6 Å². The van der Waals surface area contributed by atoms with Gasteiger partial charge in [0.1, 0.15) is 12.1 Å². The Morgan fingerprint density at radius 3 is 1.31 bits per heavy atom. The van der Waals surface area contributed by atoms with Crippen LogP contribution in [0.25, 0.3) is 5.69 Å². The van der Waals surface area contributed by atoms with Crippen molar-refractivity contribution in [3.05, 3.63) is 127 Å². The third kappa shape index (κ3) is 26.7. The zero-order chi connectivity index (χ0) is 25.9. The van der Waals surface area contributed by atoms with E-state index in [9.17, 15) is 4.39 Å². The van der Waals surface area contributed by atoms with Crippen LogP contribution in [0.4, 0.5) is 4.39 Å². The largest absolute Gasteiger partial charge is 1.00 e. The summed E-state index contributed by atoms with van der Waals surface area (Å²) < 4.78 is 14.0. The number of carbonyl (C=O) groups is 1. The first-order chi connectivity index (χ1) is 16.5. The quantitative estimate of drug-likeness (QED) is 0.299. The third-order valence-electron chi connectivity index (χ3n) is 3.33. The van der Waals surface area contributed by atoms with Gasteiger partial charge in [-0.25, -0.2) is 4.39 Å². The Morgan fingerprint density at radius 2 is 1.06 bits per heavy atom. The molecule has 186 valence electrons. The van der Waals surface area contributed by atoms with Crippen molar-refractivity contribution >= 4 is 6.29 Å². The van der Waals surface area contributed by atoms with E-state index in [1.54, 1.807) is 30.3 Å². The van der Waals surface area contributed by atoms with Crippen molar-refractivity contribution in [2.75, 3.05) is 0 Å². The Hall–Kier alpha value is -3.52. The molecule has 3 N–H and O–H groups in total. The zero-order valence-electron chi connectivity index (χ0n) is 22.9. The van der Waals surface area contributed by atoms with Crippen LogP contribution in [0.1, 0.15) is 27.8 Å². The van der Waals surface area contributed by atoms with Crippen LogP contribution in [0, 0.1) is 35.4 Å². The van der Waals surface area contributed by atoms with Gasteiger partial charge in [-0.15, -0.1) is 0 Å². The van der Waals surface area contributed by atoms with Gasteiger partial charge < -0.3 is 16.9 Å². The Kier molecular flexibility index (Phi) is 34.7. The fraction of sp³-hybridized carbons (Fsp3) is 0.138. The van der Waals surface area contributed by atoms with Gasteiger partial charge in [0.15, 0.2) is 0 Å². The molecule has 1 heterocycles. The molecule has 0 radical (unpaired) electrons. The van der Waals surface area contributed by atoms with Gasteiger partial charge in [0.05, 0.1) is 12.1 Å². The number of nitrogens with zero attached hydrogens (tertiary/aromatic N) is 3. The predicted octanol–water partition coefficient (Wildman–Crippen LogP) is 4.84. The standard InChI is InChI=1S/C10H9N.C7H8.C6H5F.2C2H3N.C2H4O.H3N.Na.H/c1-2-6-10(7-3-1)11-8-4-5-9-11;1-7-5-3-2-4-6-7;7-6-4-2-1-3-5-6;3*1-2-3;;;/h1-9H;2-6H,1H3;1-5H;2*1H3;2H,1H3;1H3;;/q;;;;;;;+1;-1. The Bertz CT molecular complexity index is 989. The molecule has 0 aliphatic carbocycles. The van der Waals surface area contributed by atoms with Crippen LogP contribution in [0.5, 0.6) is 0 Å². The topological polar surface area (TPSA) is 105 Å². The molecule has 0 amide bonds. The predicted molar refractivity (Wildman–Crippen MR) is 144 cm³/mol. The van der Waals surface area contributed by atoms with E-state index in [-0.39, 0.29) is 43.0 Å². The number of nitriles is 2. The van der Waals surface area contributed by atoms with Gasteiger partial charge in [-0.05, 0) is 50.2 Å². The van der Waals surface area contributed by atoms with Crippen molar-refractivity contribution in [2.45, 2.75) is 27.7 Å². The maximum absolute atomic E-state index is 11.9. The number of rotatable bonds is 1. The van der Waals surface area contributed by atoms with Crippen molar-refractivity contribution in [3.63, 3.8) is 0 Å². The monoisotopic (exact) mass is 498 g/mol. The minimum absolute atomic E-state index is 0. The number of aldehydes is 1. The molecule has 4 aromatic rings. The minimum Gasteiger partial charge on any atom is -1.00 e. The molecule has 0 bridgehead atoms. The molecule has 1 aromatic heterocycles. The number of hydrogen-bond acceptors (Lipinski definition) is 4. The van der Waals surface area contributed by atoms with Crippen molar-refractivity contribution in [3.8, 4) is 17.8 Å². The molecule has 0 saturated carbocycles. The van der Waals surface area contributed by atoms with Crippen LogP contribution in [-0.4, -0.2) is 10.9 Å². The SMILES string of the molecule is CC#N.CC#N.CC=O.Cc1ccccc1.Fc1ccccc1.N.[H-].[Na+].c1ccc(-n2cccc2)cc1. The molecule has 0 saturated heterocycles. The van der Waals surface area contributed by atoms with Crippen LogP contribution in [-0.2, 0) is 4.79 Å². The summed E-state index contributed by atoms with van der Waals surface area (Å²) in [5.41, 5.74) is 2.53. The van der Waals surface area contributed by atoms with Crippen LogP contribution < -0.4 is 35.7 Å². The van der Waals surface area contributed by atoms with Crippen molar-refractivity contribution in [1.29, 1.82) is 10.5 Å². The summed E-state index contributed by atoms with van der Waals surface area (Å²) in [5, 5.41) is 14.6. The van der Waals surface area contributed by atoms with Gasteiger partial charge in [-0.1, -0.05) is 72.3 Å². The fourth-order valence-corrected chi connectivity index (χ4v) is 2.06. The zero-order valence-corrected chi connectivity index (χ0v) is 23.9. The average Bonchev–Trinajstić information content (AvgIpc) is 3.38. The van der Waals surface area contributed by atoms with Crippen LogP contribution in [0.2, 0.25) is 0 Å². The van der Waals surface area contributed by atoms with E-state index in [0.29, 0.717) is 0 Å². The van der Waals surface area contributed by atoms with Crippen LogP contribution >= 0.6 is 0 Å². The summed E-state index contributed by atoms with van der Waals surface area (Å²) >= 11 is 0. The average molecular weight is 499 g/mol. The molecular formula is C29H36FN4NaO. The Morgan fingerprint density at radius 1 is 0.750 bits per heavy atom. The number of carbonyl (C=O) groups excluding carboxylic acids is 1. The molecule has 7 heteroatoms. The molecule has 0 unspecified atom stereocenters. The molecule has 0 spiro atoms. The second-order valence-electron chi connectivity index (χ2n) is 6.06. The summed E-state index contributed by atoms with van der Waals surface area (Å²) in [6.45, 7) is 6.39. The van der Waals surface area contributed by atoms with Gasteiger partial charge in [0, 0.05) is 31.9 Å². The molecule has 3 aromatic carbocycles. The van der Waals surface area contributed by atoms with E-state index in [4.69, 9.17) is 15.3 Å². The molecule has 0 aliphatic rings. The number of halogens is 1. The summed E-state index contributed by atoms with van der Waals surface area (Å²) in [7, 11) is 0. The molecule has 5 nitrogen and oxygen atoms in total. The molecule has 0 aliphatic heterocycles. The Balaban J connectivity index is -0.000000118. The van der Waals surface area contributed by atoms with Crippen LogP contribution in [0.3, 0.4) is 0 Å². The van der Waals surface area contributed by atoms with E-state index in [2.05, 4.69) is 35.8 Å². The van der Waals surface area contributed by atoms with Gasteiger partial charge in [-0.2, -0.15) is 10.5 Å². The fourth-order valence-electron chi connectivity index (χ4n) is 2.06. The number of benzene rings is 3. The summed E-state index contributed by atoms with van der Waals surface area (Å²) in [6, 6.07) is 36.0. The van der Waals surface area contributed by atoms with Crippen molar-refractivity contribution in [2.24, 2.45) is 0 Å². The summed E-state index contributed by atoms with van der Waals surface area (Å²) in [6.07, 6.45) is 4.82. The van der Waals surface area contributed by atoms with Gasteiger partial charge in [-0.3, -0.25) is 0 Å². The molecule has 0 atom stereocenters. The maximum atomic E-state index is 11.9. The molecule has 36 heavy (non-hydrogen) atoms. The van der Waals surface area contributed by atoms with Gasteiger partial charge in [0.25, 0.3) is 0 Å². The minimum atomic E-state index is -0.178. The maximum Gasteiger partial charge on any atom is 1.00 e. The smallest absolute Gasteiger partial charge is 1.00 e. The molecular weight excluding hydrogens is 462 g/mol. The first-order valence-corrected chi connectivity index (χ1v) is 10.4. The van der Waals surface area contributed by atoms with E-state index in [1.807, 2.05) is 60.9 Å². The van der Waals surface area contributed by atoms with E-state index in [0.717, 1.165) is 6.29 Å². The van der Waals surface area contributed by atoms with Crippen molar-refractivity contribution < 1.29 is 40.2 Å². The number of aromatic nitrogens is 1. The first-order valence-electron chi connectivity index (χ1n) is 10.4. The Labute approximate surface area is 239 Å². The molecule has 4 rings (SSSR count). The molecule has 0 fully saturated rings.